The number of carbonyl (C=O) groups excluding carboxylic acids is 2. The third-order valence-electron chi connectivity index (χ3n) is 8.47. The van der Waals surface area contributed by atoms with Gasteiger partial charge in [-0.15, -0.1) is 10.2 Å². The van der Waals surface area contributed by atoms with Crippen molar-refractivity contribution in [2.45, 2.75) is 63.4 Å². The molecular formula is C35H42N10O4S. The molecule has 2 aromatic carbocycles. The molecule has 4 heterocycles. The van der Waals surface area contributed by atoms with Crippen molar-refractivity contribution in [1.29, 1.82) is 0 Å². The number of rotatable bonds is 10. The van der Waals surface area contributed by atoms with Crippen LogP contribution in [0.25, 0.3) is 0 Å². The molecule has 4 aromatic rings. The van der Waals surface area contributed by atoms with Gasteiger partial charge in [-0.25, -0.2) is 18.1 Å². The Kier molecular flexibility index (Phi) is 10.1. The van der Waals surface area contributed by atoms with Crippen LogP contribution in [0, 0.1) is 6.92 Å². The second kappa shape index (κ2) is 14.5. The summed E-state index contributed by atoms with van der Waals surface area (Å²) >= 11 is 0. The molecule has 2 saturated heterocycles. The molecule has 1 atom stereocenters. The van der Waals surface area contributed by atoms with E-state index in [0.717, 1.165) is 55.2 Å². The first-order chi connectivity index (χ1) is 23.8. The van der Waals surface area contributed by atoms with Crippen LogP contribution in [0.15, 0.2) is 71.8 Å². The normalized spacial score (nSPS) is 17.4. The van der Waals surface area contributed by atoms with Gasteiger partial charge in [0.05, 0.1) is 10.8 Å². The summed E-state index contributed by atoms with van der Waals surface area (Å²) in [7, 11) is -3.71. The summed E-state index contributed by atoms with van der Waals surface area (Å²) in [6.45, 7) is 11.1. The second-order valence-electron chi connectivity index (χ2n) is 13.6. The SMILES string of the molecule is Cc1cnc(Nc2ccc(N3CCN(Cc4ccccc4C4CCC(=O)NC4=O)CC3)nn2)nc1Nc1cccc(S(=O)(=O)NC(C)(C)C)c1. The maximum Gasteiger partial charge on any atom is 0.241 e. The molecule has 50 heavy (non-hydrogen) atoms. The zero-order valence-corrected chi connectivity index (χ0v) is 29.4. The molecule has 2 amide bonds. The topological polar surface area (TPSA) is 174 Å². The van der Waals surface area contributed by atoms with Crippen molar-refractivity contribution in [2.24, 2.45) is 0 Å². The molecule has 2 aliphatic heterocycles. The molecule has 14 nitrogen and oxygen atoms in total. The molecule has 1 unspecified atom stereocenters. The van der Waals surface area contributed by atoms with Gasteiger partial charge < -0.3 is 15.5 Å². The Bertz CT molecular complexity index is 1970. The number of hydrogen-bond donors (Lipinski definition) is 4. The molecule has 0 aliphatic carbocycles. The standard InChI is InChI=1S/C35H42N10O4S/c1-23-21-36-34(40-32(23)37-25-9-7-10-26(20-25)50(48,49)43-35(2,3)4)38-29-13-14-30(42-41-29)45-18-16-44(17-19-45)22-24-8-5-6-11-27(24)28-12-15-31(46)39-33(28)47/h5-11,13-14,20-21,28,43H,12,15-19,22H2,1-4H3,(H,39,46,47)(H2,36,37,38,40,41). The summed E-state index contributed by atoms with van der Waals surface area (Å²) in [6.07, 6.45) is 2.56. The average molecular weight is 699 g/mol. The number of carbonyl (C=O) groups is 2. The van der Waals surface area contributed by atoms with Gasteiger partial charge >= 0.3 is 0 Å². The zero-order valence-electron chi connectivity index (χ0n) is 28.6. The fourth-order valence-electron chi connectivity index (χ4n) is 6.03. The van der Waals surface area contributed by atoms with E-state index in [1.54, 1.807) is 51.2 Å². The van der Waals surface area contributed by atoms with Gasteiger partial charge in [0, 0.05) is 62.1 Å². The molecule has 15 heteroatoms. The van der Waals surface area contributed by atoms with Crippen LogP contribution in [0.5, 0.6) is 0 Å². The molecule has 4 N–H and O–H groups in total. The van der Waals surface area contributed by atoms with Crippen LogP contribution in [-0.2, 0) is 26.2 Å². The van der Waals surface area contributed by atoms with Crippen molar-refractivity contribution in [3.63, 3.8) is 0 Å². The summed E-state index contributed by atoms with van der Waals surface area (Å²) in [5.41, 5.74) is 2.83. The Morgan fingerprint density at radius 2 is 1.72 bits per heavy atom. The van der Waals surface area contributed by atoms with E-state index in [-0.39, 0.29) is 22.6 Å². The largest absolute Gasteiger partial charge is 0.353 e. The van der Waals surface area contributed by atoms with Crippen molar-refractivity contribution in [1.82, 2.24) is 35.1 Å². The van der Waals surface area contributed by atoms with Crippen LogP contribution < -0.4 is 25.6 Å². The molecule has 2 fully saturated rings. The Morgan fingerprint density at radius 3 is 2.44 bits per heavy atom. The summed E-state index contributed by atoms with van der Waals surface area (Å²) in [5.74, 6) is 1.34. The summed E-state index contributed by atoms with van der Waals surface area (Å²) < 4.78 is 28.4. The van der Waals surface area contributed by atoms with Gasteiger partial charge in [-0.1, -0.05) is 30.3 Å². The minimum absolute atomic E-state index is 0.148. The third-order valence-corrected chi connectivity index (χ3v) is 10.2. The highest BCUT2D eigenvalue weighted by Crippen LogP contribution is 2.29. The van der Waals surface area contributed by atoms with E-state index >= 15 is 0 Å². The second-order valence-corrected chi connectivity index (χ2v) is 15.3. The van der Waals surface area contributed by atoms with Gasteiger partial charge in [-0.2, -0.15) is 4.98 Å². The van der Waals surface area contributed by atoms with Crippen molar-refractivity contribution >= 4 is 50.9 Å². The van der Waals surface area contributed by atoms with Gasteiger partial charge in [0.2, 0.25) is 27.8 Å². The van der Waals surface area contributed by atoms with Crippen molar-refractivity contribution in [3.8, 4) is 0 Å². The summed E-state index contributed by atoms with van der Waals surface area (Å²) in [5, 5.41) is 17.6. The third kappa shape index (κ3) is 8.59. The molecule has 0 bridgehead atoms. The molecule has 0 radical (unpaired) electrons. The van der Waals surface area contributed by atoms with Crippen LogP contribution >= 0.6 is 0 Å². The Balaban J connectivity index is 1.05. The number of hydrogen-bond acceptors (Lipinski definition) is 12. The number of nitrogens with one attached hydrogen (secondary N) is 4. The number of benzene rings is 2. The van der Waals surface area contributed by atoms with Crippen LogP contribution in [0.2, 0.25) is 0 Å². The maximum atomic E-state index is 12.8. The predicted molar refractivity (Wildman–Crippen MR) is 191 cm³/mol. The van der Waals surface area contributed by atoms with Crippen LogP contribution in [0.1, 0.15) is 56.2 Å². The number of sulfonamides is 1. The molecule has 0 saturated carbocycles. The lowest BCUT2D eigenvalue weighted by Crippen LogP contribution is -2.46. The predicted octanol–water partition coefficient (Wildman–Crippen LogP) is 3.98. The van der Waals surface area contributed by atoms with E-state index in [1.807, 2.05) is 37.3 Å². The van der Waals surface area contributed by atoms with E-state index in [0.29, 0.717) is 36.1 Å². The lowest BCUT2D eigenvalue weighted by atomic mass is 9.87. The number of anilines is 5. The van der Waals surface area contributed by atoms with E-state index in [9.17, 15) is 18.0 Å². The summed E-state index contributed by atoms with van der Waals surface area (Å²) in [4.78, 5) is 37.9. The van der Waals surface area contributed by atoms with Crippen molar-refractivity contribution in [3.05, 3.63) is 83.6 Å². The van der Waals surface area contributed by atoms with Crippen molar-refractivity contribution < 1.29 is 18.0 Å². The Hall–Kier alpha value is -4.99. The highest BCUT2D eigenvalue weighted by atomic mass is 32.2. The number of aromatic nitrogens is 4. The van der Waals surface area contributed by atoms with E-state index in [4.69, 9.17) is 0 Å². The first kappa shape index (κ1) is 34.9. The number of aryl methyl sites for hydroxylation is 1. The van der Waals surface area contributed by atoms with Gasteiger partial charge in [-0.3, -0.25) is 19.8 Å². The lowest BCUT2D eigenvalue weighted by molar-refractivity contribution is -0.134. The maximum absolute atomic E-state index is 12.8. The van der Waals surface area contributed by atoms with Crippen molar-refractivity contribution in [2.75, 3.05) is 41.7 Å². The minimum Gasteiger partial charge on any atom is -0.353 e. The van der Waals surface area contributed by atoms with Gasteiger partial charge in [-0.05, 0) is 75.6 Å². The quantitative estimate of drug-likeness (QED) is 0.176. The van der Waals surface area contributed by atoms with Crippen LogP contribution in [0.3, 0.4) is 0 Å². The smallest absolute Gasteiger partial charge is 0.241 e. The van der Waals surface area contributed by atoms with E-state index in [2.05, 4.69) is 56.7 Å². The highest BCUT2D eigenvalue weighted by molar-refractivity contribution is 7.89. The van der Waals surface area contributed by atoms with Crippen LogP contribution in [-0.4, -0.2) is 77.0 Å². The first-order valence-electron chi connectivity index (χ1n) is 16.6. The van der Waals surface area contributed by atoms with E-state index in [1.165, 1.54) is 0 Å². The average Bonchev–Trinajstić information content (AvgIpc) is 3.07. The Morgan fingerprint density at radius 1 is 0.940 bits per heavy atom. The van der Waals surface area contributed by atoms with Gasteiger partial charge in [0.1, 0.15) is 5.82 Å². The first-order valence-corrected chi connectivity index (χ1v) is 18.1. The van der Waals surface area contributed by atoms with Gasteiger partial charge in [0.25, 0.3) is 0 Å². The number of amides is 2. The lowest BCUT2D eigenvalue weighted by Gasteiger charge is -2.35. The Labute approximate surface area is 292 Å². The number of imide groups is 1. The fourth-order valence-corrected chi connectivity index (χ4v) is 7.49. The monoisotopic (exact) mass is 698 g/mol. The summed E-state index contributed by atoms with van der Waals surface area (Å²) in [6, 6.07) is 18.3. The minimum atomic E-state index is -3.71. The zero-order chi connectivity index (χ0) is 35.5. The molecule has 2 aliphatic rings. The van der Waals surface area contributed by atoms with E-state index < -0.39 is 15.6 Å². The van der Waals surface area contributed by atoms with Crippen LogP contribution in [0.4, 0.5) is 29.1 Å². The molecular weight excluding hydrogens is 657 g/mol. The number of piperazine rings is 1. The molecule has 6 rings (SSSR count). The number of nitrogens with zero attached hydrogens (tertiary/aromatic N) is 6. The molecule has 2 aromatic heterocycles. The molecule has 262 valence electrons. The fraction of sp³-hybridized carbons (Fsp3) is 0.371. The number of piperidine rings is 1. The van der Waals surface area contributed by atoms with Gasteiger partial charge in [0.15, 0.2) is 11.6 Å². The molecule has 0 spiro atoms. The highest BCUT2D eigenvalue weighted by Gasteiger charge is 2.30.